The minimum absolute atomic E-state index is 0.0653. The molecule has 2 rings (SSSR count). The largest absolute Gasteiger partial charge is 0.481 e. The van der Waals surface area contributed by atoms with Crippen LogP contribution in [0, 0.1) is 0 Å². The molecule has 0 atom stereocenters. The number of rotatable bonds is 5. The molecular formula is C12H14N4O2S. The molecule has 0 spiro atoms. The summed E-state index contributed by atoms with van der Waals surface area (Å²) in [5.41, 5.74) is 2.00. The van der Waals surface area contributed by atoms with Gasteiger partial charge in [0.05, 0.1) is 11.4 Å². The fourth-order valence-electron chi connectivity index (χ4n) is 1.72. The topological polar surface area (TPSA) is 80.9 Å². The summed E-state index contributed by atoms with van der Waals surface area (Å²) in [6, 6.07) is 7.83. The highest BCUT2D eigenvalue weighted by Gasteiger charge is 2.14. The van der Waals surface area contributed by atoms with Crippen molar-refractivity contribution in [2.75, 3.05) is 5.75 Å². The molecule has 0 aliphatic heterocycles. The van der Waals surface area contributed by atoms with Crippen molar-refractivity contribution in [1.82, 2.24) is 20.2 Å². The van der Waals surface area contributed by atoms with Crippen molar-refractivity contribution < 1.29 is 9.90 Å². The number of para-hydroxylation sites is 1. The molecule has 0 aliphatic carbocycles. The number of benzene rings is 1. The van der Waals surface area contributed by atoms with Crippen LogP contribution in [0.25, 0.3) is 5.69 Å². The molecular weight excluding hydrogens is 264 g/mol. The van der Waals surface area contributed by atoms with Crippen LogP contribution < -0.4 is 0 Å². The van der Waals surface area contributed by atoms with E-state index in [-0.39, 0.29) is 5.75 Å². The lowest BCUT2D eigenvalue weighted by atomic mass is 10.0. The van der Waals surface area contributed by atoms with Gasteiger partial charge in [-0.25, -0.2) is 0 Å². The van der Waals surface area contributed by atoms with Gasteiger partial charge in [-0.2, -0.15) is 4.68 Å². The lowest BCUT2D eigenvalue weighted by molar-refractivity contribution is -0.133. The monoisotopic (exact) mass is 278 g/mol. The first-order valence-electron chi connectivity index (χ1n) is 5.82. The standard InChI is InChI=1S/C12H14N4O2S/c1-8(2)9-5-3-4-6-10(9)16-12(13-14-15-16)19-7-11(17)18/h3-6,8H,7H2,1-2H3,(H,17,18). The third kappa shape index (κ3) is 3.11. The van der Waals surface area contributed by atoms with Crippen LogP contribution in [-0.2, 0) is 4.79 Å². The van der Waals surface area contributed by atoms with Crippen LogP contribution in [0.5, 0.6) is 0 Å². The number of hydrogen-bond donors (Lipinski definition) is 1. The number of carbonyl (C=O) groups is 1. The van der Waals surface area contributed by atoms with E-state index < -0.39 is 5.97 Å². The normalized spacial score (nSPS) is 10.9. The van der Waals surface area contributed by atoms with Crippen LogP contribution in [0.15, 0.2) is 29.4 Å². The maximum Gasteiger partial charge on any atom is 0.313 e. The molecule has 19 heavy (non-hydrogen) atoms. The number of hydrogen-bond acceptors (Lipinski definition) is 5. The molecule has 0 aliphatic rings. The quantitative estimate of drug-likeness (QED) is 0.842. The molecule has 1 heterocycles. The Labute approximate surface area is 114 Å². The van der Waals surface area contributed by atoms with Crippen LogP contribution >= 0.6 is 11.8 Å². The van der Waals surface area contributed by atoms with Gasteiger partial charge in [0.2, 0.25) is 5.16 Å². The summed E-state index contributed by atoms with van der Waals surface area (Å²) in [4.78, 5) is 10.6. The van der Waals surface area contributed by atoms with Crippen molar-refractivity contribution in [2.45, 2.75) is 24.9 Å². The number of aromatic nitrogens is 4. The van der Waals surface area contributed by atoms with E-state index in [2.05, 4.69) is 29.4 Å². The molecule has 0 bridgehead atoms. The number of thioether (sulfide) groups is 1. The summed E-state index contributed by atoms with van der Waals surface area (Å²) >= 11 is 1.10. The summed E-state index contributed by atoms with van der Waals surface area (Å²) < 4.78 is 1.59. The van der Waals surface area contributed by atoms with Gasteiger partial charge < -0.3 is 5.11 Å². The Kier molecular flexibility index (Phi) is 4.16. The lowest BCUT2D eigenvalue weighted by Gasteiger charge is -2.12. The second kappa shape index (κ2) is 5.83. The average molecular weight is 278 g/mol. The Hall–Kier alpha value is -1.89. The summed E-state index contributed by atoms with van der Waals surface area (Å²) in [6.45, 7) is 4.18. The van der Waals surface area contributed by atoms with E-state index in [4.69, 9.17) is 5.11 Å². The highest BCUT2D eigenvalue weighted by molar-refractivity contribution is 7.99. The van der Waals surface area contributed by atoms with E-state index in [1.807, 2.05) is 24.3 Å². The number of aliphatic carboxylic acids is 1. The molecule has 0 radical (unpaired) electrons. The fraction of sp³-hybridized carbons (Fsp3) is 0.333. The summed E-state index contributed by atoms with van der Waals surface area (Å²) in [7, 11) is 0. The minimum Gasteiger partial charge on any atom is -0.481 e. The van der Waals surface area contributed by atoms with Crippen LogP contribution in [0.1, 0.15) is 25.3 Å². The van der Waals surface area contributed by atoms with Gasteiger partial charge in [0.1, 0.15) is 0 Å². The van der Waals surface area contributed by atoms with Crippen LogP contribution in [0.2, 0.25) is 0 Å². The molecule has 100 valence electrons. The molecule has 1 N–H and O–H groups in total. The third-order valence-electron chi connectivity index (χ3n) is 2.55. The van der Waals surface area contributed by atoms with E-state index in [0.717, 1.165) is 23.0 Å². The summed E-state index contributed by atoms with van der Waals surface area (Å²) in [5.74, 6) is -0.626. The van der Waals surface area contributed by atoms with Crippen LogP contribution in [0.3, 0.4) is 0 Å². The van der Waals surface area contributed by atoms with Crippen molar-refractivity contribution in [2.24, 2.45) is 0 Å². The zero-order valence-corrected chi connectivity index (χ0v) is 11.5. The smallest absolute Gasteiger partial charge is 0.313 e. The Morgan fingerprint density at radius 1 is 1.42 bits per heavy atom. The minimum atomic E-state index is -0.892. The van der Waals surface area contributed by atoms with Crippen molar-refractivity contribution >= 4 is 17.7 Å². The zero-order valence-electron chi connectivity index (χ0n) is 10.6. The molecule has 2 aromatic rings. The van der Waals surface area contributed by atoms with Gasteiger partial charge in [-0.1, -0.05) is 43.8 Å². The number of carboxylic acid groups (broad SMARTS) is 1. The first kappa shape index (κ1) is 13.5. The zero-order chi connectivity index (χ0) is 13.8. The fourth-order valence-corrected chi connectivity index (χ4v) is 2.32. The van der Waals surface area contributed by atoms with Gasteiger partial charge in [-0.15, -0.1) is 5.10 Å². The second-order valence-electron chi connectivity index (χ2n) is 4.27. The third-order valence-corrected chi connectivity index (χ3v) is 3.46. The summed E-state index contributed by atoms with van der Waals surface area (Å²) in [6.07, 6.45) is 0. The van der Waals surface area contributed by atoms with Crippen molar-refractivity contribution in [3.63, 3.8) is 0 Å². The van der Waals surface area contributed by atoms with E-state index in [1.165, 1.54) is 0 Å². The maximum absolute atomic E-state index is 10.6. The predicted molar refractivity (Wildman–Crippen MR) is 71.6 cm³/mol. The van der Waals surface area contributed by atoms with Gasteiger partial charge in [0.25, 0.3) is 0 Å². The maximum atomic E-state index is 10.6. The molecule has 0 amide bonds. The van der Waals surface area contributed by atoms with Crippen LogP contribution in [-0.4, -0.2) is 37.0 Å². The number of carboxylic acids is 1. The van der Waals surface area contributed by atoms with Gasteiger partial charge in [-0.05, 0) is 28.0 Å². The number of tetrazole rings is 1. The lowest BCUT2D eigenvalue weighted by Crippen LogP contribution is -2.06. The second-order valence-corrected chi connectivity index (χ2v) is 5.21. The highest BCUT2D eigenvalue weighted by Crippen LogP contribution is 2.25. The average Bonchev–Trinajstić information content (AvgIpc) is 2.84. The van der Waals surface area contributed by atoms with E-state index in [9.17, 15) is 4.79 Å². The molecule has 0 saturated carbocycles. The van der Waals surface area contributed by atoms with Gasteiger partial charge in [-0.3, -0.25) is 4.79 Å². The van der Waals surface area contributed by atoms with E-state index >= 15 is 0 Å². The first-order valence-corrected chi connectivity index (χ1v) is 6.80. The van der Waals surface area contributed by atoms with Crippen LogP contribution in [0.4, 0.5) is 0 Å². The van der Waals surface area contributed by atoms with Crippen molar-refractivity contribution in [3.05, 3.63) is 29.8 Å². The molecule has 0 saturated heterocycles. The number of nitrogens with zero attached hydrogens (tertiary/aromatic N) is 4. The van der Waals surface area contributed by atoms with E-state index in [0.29, 0.717) is 11.1 Å². The van der Waals surface area contributed by atoms with E-state index in [1.54, 1.807) is 4.68 Å². The SMILES string of the molecule is CC(C)c1ccccc1-n1nnnc1SCC(=O)O. The van der Waals surface area contributed by atoms with Crippen molar-refractivity contribution in [3.8, 4) is 5.69 Å². The highest BCUT2D eigenvalue weighted by atomic mass is 32.2. The van der Waals surface area contributed by atoms with Gasteiger partial charge in [0.15, 0.2) is 0 Å². The Bertz CT molecular complexity index is 583. The Morgan fingerprint density at radius 2 is 2.16 bits per heavy atom. The molecule has 1 aromatic heterocycles. The predicted octanol–water partition coefficient (Wildman–Crippen LogP) is 1.96. The van der Waals surface area contributed by atoms with Gasteiger partial charge in [0, 0.05) is 0 Å². The molecule has 7 heteroatoms. The Morgan fingerprint density at radius 3 is 2.84 bits per heavy atom. The molecule has 0 unspecified atom stereocenters. The molecule has 0 fully saturated rings. The van der Waals surface area contributed by atoms with Crippen molar-refractivity contribution in [1.29, 1.82) is 0 Å². The Balaban J connectivity index is 2.37. The molecule has 6 nitrogen and oxygen atoms in total. The summed E-state index contributed by atoms with van der Waals surface area (Å²) in [5, 5.41) is 20.6. The first-order chi connectivity index (χ1) is 9.09. The van der Waals surface area contributed by atoms with Gasteiger partial charge >= 0.3 is 5.97 Å². The molecule has 1 aromatic carbocycles.